The lowest BCUT2D eigenvalue weighted by atomic mass is 10.2. The fourth-order valence-electron chi connectivity index (χ4n) is 1.80. The monoisotopic (exact) mass is 337 g/mol. The molecule has 0 saturated carbocycles. The molecular weight excluding hydrogens is 322 g/mol. The van der Waals surface area contributed by atoms with Gasteiger partial charge in [0.1, 0.15) is 5.75 Å². The fraction of sp³-hybridized carbons (Fsp3) is 0.286. The average Bonchev–Trinajstić information content (AvgIpc) is 2.85. The summed E-state index contributed by atoms with van der Waals surface area (Å²) in [4.78, 5) is 12.1. The molecule has 2 aromatic rings. The molecule has 1 aromatic heterocycles. The Morgan fingerprint density at radius 1 is 1.45 bits per heavy atom. The summed E-state index contributed by atoms with van der Waals surface area (Å²) in [5.41, 5.74) is 1.52. The molecule has 0 unspecified atom stereocenters. The zero-order chi connectivity index (χ0) is 14.5. The number of ether oxygens (including phenoxy) is 1. The predicted molar refractivity (Wildman–Crippen MR) is 79.9 cm³/mol. The van der Waals surface area contributed by atoms with E-state index in [1.54, 1.807) is 30.0 Å². The van der Waals surface area contributed by atoms with Gasteiger partial charge in [0.25, 0.3) is 5.91 Å². The first kappa shape index (κ1) is 14.6. The van der Waals surface area contributed by atoms with E-state index in [9.17, 15) is 4.79 Å². The molecule has 1 amide bonds. The van der Waals surface area contributed by atoms with Crippen molar-refractivity contribution in [2.75, 3.05) is 13.7 Å². The number of nitrogens with one attached hydrogen (secondary N) is 1. The van der Waals surface area contributed by atoms with E-state index < -0.39 is 0 Å². The highest BCUT2D eigenvalue weighted by molar-refractivity contribution is 9.10. The first-order valence-electron chi connectivity index (χ1n) is 6.20. The standard InChI is InChI=1S/C14H16BrN3O2/c1-18-8-6-10(17-18)5-7-16-14(19)12-9-11(20-2)3-4-13(12)15/h3-4,6,8-9H,5,7H2,1-2H3,(H,16,19). The van der Waals surface area contributed by atoms with Crippen molar-refractivity contribution in [1.29, 1.82) is 0 Å². The molecule has 5 nitrogen and oxygen atoms in total. The summed E-state index contributed by atoms with van der Waals surface area (Å²) in [6, 6.07) is 7.25. The highest BCUT2D eigenvalue weighted by Gasteiger charge is 2.11. The van der Waals surface area contributed by atoms with E-state index in [0.29, 0.717) is 24.3 Å². The molecule has 0 saturated heterocycles. The summed E-state index contributed by atoms with van der Waals surface area (Å²) in [7, 11) is 3.45. The summed E-state index contributed by atoms with van der Waals surface area (Å²) in [6.45, 7) is 0.541. The fourth-order valence-corrected chi connectivity index (χ4v) is 2.23. The predicted octanol–water partition coefficient (Wildman–Crippen LogP) is 2.16. The first-order chi connectivity index (χ1) is 9.60. The normalized spacial score (nSPS) is 10.3. The second kappa shape index (κ2) is 6.56. The second-order valence-electron chi connectivity index (χ2n) is 4.33. The molecule has 6 heteroatoms. The minimum Gasteiger partial charge on any atom is -0.497 e. The zero-order valence-corrected chi connectivity index (χ0v) is 13.0. The molecule has 20 heavy (non-hydrogen) atoms. The number of benzene rings is 1. The van der Waals surface area contributed by atoms with Crippen LogP contribution in [0.5, 0.6) is 5.75 Å². The van der Waals surface area contributed by atoms with Crippen molar-refractivity contribution in [3.63, 3.8) is 0 Å². The van der Waals surface area contributed by atoms with E-state index in [2.05, 4.69) is 26.3 Å². The van der Waals surface area contributed by atoms with Crippen molar-refractivity contribution < 1.29 is 9.53 Å². The van der Waals surface area contributed by atoms with Crippen LogP contribution in [0.2, 0.25) is 0 Å². The largest absolute Gasteiger partial charge is 0.497 e. The maximum Gasteiger partial charge on any atom is 0.252 e. The maximum atomic E-state index is 12.1. The molecule has 0 spiro atoms. The molecule has 0 atom stereocenters. The number of methoxy groups -OCH3 is 1. The molecule has 0 aliphatic heterocycles. The van der Waals surface area contributed by atoms with Crippen LogP contribution in [-0.2, 0) is 13.5 Å². The van der Waals surface area contributed by atoms with Crippen molar-refractivity contribution in [1.82, 2.24) is 15.1 Å². The first-order valence-corrected chi connectivity index (χ1v) is 6.99. The van der Waals surface area contributed by atoms with Crippen LogP contribution in [-0.4, -0.2) is 29.3 Å². The van der Waals surface area contributed by atoms with Crippen molar-refractivity contribution >= 4 is 21.8 Å². The molecule has 106 valence electrons. The highest BCUT2D eigenvalue weighted by atomic mass is 79.9. The van der Waals surface area contributed by atoms with E-state index in [1.165, 1.54) is 0 Å². The Hall–Kier alpha value is -1.82. The van der Waals surface area contributed by atoms with Gasteiger partial charge in [-0.25, -0.2) is 0 Å². The maximum absolute atomic E-state index is 12.1. The smallest absolute Gasteiger partial charge is 0.252 e. The molecule has 1 aromatic carbocycles. The number of nitrogens with zero attached hydrogens (tertiary/aromatic N) is 2. The lowest BCUT2D eigenvalue weighted by Gasteiger charge is -2.08. The van der Waals surface area contributed by atoms with Gasteiger partial charge in [0.2, 0.25) is 0 Å². The van der Waals surface area contributed by atoms with E-state index in [-0.39, 0.29) is 5.91 Å². The van der Waals surface area contributed by atoms with Gasteiger partial charge in [-0.3, -0.25) is 9.48 Å². The van der Waals surface area contributed by atoms with Crippen LogP contribution in [0.3, 0.4) is 0 Å². The van der Waals surface area contributed by atoms with Crippen molar-refractivity contribution in [3.8, 4) is 5.75 Å². The van der Waals surface area contributed by atoms with Gasteiger partial charge in [0.05, 0.1) is 18.4 Å². The number of amides is 1. The van der Waals surface area contributed by atoms with Crippen LogP contribution in [0.4, 0.5) is 0 Å². The number of aromatic nitrogens is 2. The van der Waals surface area contributed by atoms with Crippen molar-refractivity contribution in [3.05, 3.63) is 46.2 Å². The van der Waals surface area contributed by atoms with Gasteiger partial charge in [-0.15, -0.1) is 0 Å². The Balaban J connectivity index is 1.94. The van der Waals surface area contributed by atoms with E-state index in [0.717, 1.165) is 10.2 Å². The third kappa shape index (κ3) is 3.60. The molecule has 0 radical (unpaired) electrons. The Bertz CT molecular complexity index is 610. The molecule has 1 heterocycles. The van der Waals surface area contributed by atoms with Gasteiger partial charge in [0.15, 0.2) is 0 Å². The van der Waals surface area contributed by atoms with Gasteiger partial charge >= 0.3 is 0 Å². The van der Waals surface area contributed by atoms with Gasteiger partial charge < -0.3 is 10.1 Å². The van der Waals surface area contributed by atoms with Gasteiger partial charge in [-0.1, -0.05) is 0 Å². The lowest BCUT2D eigenvalue weighted by molar-refractivity contribution is 0.0953. The van der Waals surface area contributed by atoms with Gasteiger partial charge in [0, 0.05) is 30.7 Å². The molecule has 0 aliphatic rings. The number of halogens is 1. The minimum absolute atomic E-state index is 0.133. The van der Waals surface area contributed by atoms with Gasteiger partial charge in [-0.05, 0) is 40.2 Å². The SMILES string of the molecule is COc1ccc(Br)c(C(=O)NCCc2ccn(C)n2)c1. The van der Waals surface area contributed by atoms with Crippen LogP contribution in [0, 0.1) is 0 Å². The summed E-state index contributed by atoms with van der Waals surface area (Å²) in [6.07, 6.45) is 2.59. The summed E-state index contributed by atoms with van der Waals surface area (Å²) in [5.74, 6) is 0.523. The average molecular weight is 338 g/mol. The third-order valence-electron chi connectivity index (χ3n) is 2.85. The van der Waals surface area contributed by atoms with Crippen LogP contribution < -0.4 is 10.1 Å². The van der Waals surface area contributed by atoms with Crippen molar-refractivity contribution in [2.45, 2.75) is 6.42 Å². The quantitative estimate of drug-likeness (QED) is 0.909. The molecule has 0 bridgehead atoms. The minimum atomic E-state index is -0.133. The Morgan fingerprint density at radius 2 is 2.25 bits per heavy atom. The number of carbonyl (C=O) groups is 1. The Labute approximate surface area is 126 Å². The number of hydrogen-bond acceptors (Lipinski definition) is 3. The van der Waals surface area contributed by atoms with Crippen LogP contribution >= 0.6 is 15.9 Å². The molecular formula is C14H16BrN3O2. The summed E-state index contributed by atoms with van der Waals surface area (Å²) >= 11 is 3.37. The van der Waals surface area contributed by atoms with E-state index in [1.807, 2.05) is 19.3 Å². The number of carbonyl (C=O) groups excluding carboxylic acids is 1. The van der Waals surface area contributed by atoms with Crippen LogP contribution in [0.15, 0.2) is 34.9 Å². The second-order valence-corrected chi connectivity index (χ2v) is 5.19. The van der Waals surface area contributed by atoms with Gasteiger partial charge in [-0.2, -0.15) is 5.10 Å². The molecule has 0 fully saturated rings. The van der Waals surface area contributed by atoms with E-state index >= 15 is 0 Å². The number of aryl methyl sites for hydroxylation is 1. The molecule has 2 rings (SSSR count). The van der Waals surface area contributed by atoms with Crippen LogP contribution in [0.25, 0.3) is 0 Å². The summed E-state index contributed by atoms with van der Waals surface area (Å²) in [5, 5.41) is 7.14. The summed E-state index contributed by atoms with van der Waals surface area (Å²) < 4.78 is 7.61. The molecule has 1 N–H and O–H groups in total. The Morgan fingerprint density at radius 3 is 2.90 bits per heavy atom. The molecule has 0 aliphatic carbocycles. The van der Waals surface area contributed by atoms with Crippen molar-refractivity contribution in [2.24, 2.45) is 7.05 Å². The topological polar surface area (TPSA) is 56.1 Å². The third-order valence-corrected chi connectivity index (χ3v) is 3.55. The zero-order valence-electron chi connectivity index (χ0n) is 11.4. The highest BCUT2D eigenvalue weighted by Crippen LogP contribution is 2.22. The lowest BCUT2D eigenvalue weighted by Crippen LogP contribution is -2.26. The van der Waals surface area contributed by atoms with E-state index in [4.69, 9.17) is 4.74 Å². The Kier molecular flexibility index (Phi) is 4.79. The number of rotatable bonds is 5. The van der Waals surface area contributed by atoms with Crippen LogP contribution in [0.1, 0.15) is 16.1 Å². The number of hydrogen-bond donors (Lipinski definition) is 1.